The Morgan fingerprint density at radius 2 is 2.00 bits per heavy atom. The fourth-order valence-corrected chi connectivity index (χ4v) is 4.03. The lowest BCUT2D eigenvalue weighted by molar-refractivity contribution is 1.12. The van der Waals surface area contributed by atoms with Crippen LogP contribution in [0, 0.1) is 0 Å². The van der Waals surface area contributed by atoms with Crippen molar-refractivity contribution in [3.05, 3.63) is 39.7 Å². The van der Waals surface area contributed by atoms with E-state index in [1.54, 1.807) is 23.1 Å². The Labute approximate surface area is 133 Å². The Morgan fingerprint density at radius 1 is 1.25 bits per heavy atom. The van der Waals surface area contributed by atoms with Crippen molar-refractivity contribution in [3.63, 3.8) is 0 Å². The van der Waals surface area contributed by atoms with Gasteiger partial charge in [-0.15, -0.1) is 11.3 Å². The van der Waals surface area contributed by atoms with Crippen molar-refractivity contribution in [1.82, 2.24) is 9.97 Å². The molecule has 0 saturated carbocycles. The Bertz CT molecular complexity index is 753. The van der Waals surface area contributed by atoms with Crippen molar-refractivity contribution in [2.45, 2.75) is 23.3 Å². The normalized spacial score (nSPS) is 11.1. The van der Waals surface area contributed by atoms with Crippen molar-refractivity contribution in [3.8, 4) is 0 Å². The van der Waals surface area contributed by atoms with E-state index in [1.165, 1.54) is 4.88 Å². The summed E-state index contributed by atoms with van der Waals surface area (Å²) in [6, 6.07) is 10.3. The Kier molecular flexibility index (Phi) is 3.96. The summed E-state index contributed by atoms with van der Waals surface area (Å²) in [5, 5.41) is 2.01. The van der Waals surface area contributed by atoms with Crippen LogP contribution in [0.5, 0.6) is 0 Å². The van der Waals surface area contributed by atoms with Crippen molar-refractivity contribution in [2.75, 3.05) is 5.73 Å². The number of nitrogens with zero attached hydrogens (tertiary/aromatic N) is 2. The van der Waals surface area contributed by atoms with Crippen LogP contribution in [-0.2, 0) is 6.42 Å². The molecule has 102 valence electrons. The fourth-order valence-electron chi connectivity index (χ4n) is 1.83. The van der Waals surface area contributed by atoms with Gasteiger partial charge in [-0.3, -0.25) is 0 Å². The standard InChI is InChI=1S/C14H12BrN3S2/c1-2-9-7-11-12(19-9)17-14(16)18-13(11)20-10-5-3-8(15)4-6-10/h3-7H,2H2,1H3,(H2,16,17,18). The maximum atomic E-state index is 5.82. The van der Waals surface area contributed by atoms with Crippen LogP contribution in [0.15, 0.2) is 44.7 Å². The smallest absolute Gasteiger partial charge is 0.222 e. The van der Waals surface area contributed by atoms with E-state index < -0.39 is 0 Å². The maximum absolute atomic E-state index is 5.82. The SMILES string of the molecule is CCc1cc2c(Sc3ccc(Br)cc3)nc(N)nc2s1. The second kappa shape index (κ2) is 5.71. The van der Waals surface area contributed by atoms with Gasteiger partial charge < -0.3 is 5.73 Å². The number of aromatic nitrogens is 2. The number of nitrogen functional groups attached to an aromatic ring is 1. The van der Waals surface area contributed by atoms with Crippen LogP contribution in [0.2, 0.25) is 0 Å². The van der Waals surface area contributed by atoms with Crippen molar-refractivity contribution in [1.29, 1.82) is 0 Å². The molecule has 0 aliphatic heterocycles. The van der Waals surface area contributed by atoms with Gasteiger partial charge >= 0.3 is 0 Å². The lowest BCUT2D eigenvalue weighted by Crippen LogP contribution is -1.95. The molecule has 0 aliphatic rings. The summed E-state index contributed by atoms with van der Waals surface area (Å²) in [5.41, 5.74) is 5.82. The van der Waals surface area contributed by atoms with Gasteiger partial charge in [-0.25, -0.2) is 9.97 Å². The number of rotatable bonds is 3. The monoisotopic (exact) mass is 365 g/mol. The van der Waals surface area contributed by atoms with Crippen molar-refractivity contribution in [2.24, 2.45) is 0 Å². The van der Waals surface area contributed by atoms with Crippen LogP contribution >= 0.6 is 39.0 Å². The zero-order valence-electron chi connectivity index (χ0n) is 10.8. The molecule has 0 fully saturated rings. The minimum atomic E-state index is 0.335. The molecule has 0 aliphatic carbocycles. The van der Waals surface area contributed by atoms with E-state index in [0.717, 1.165) is 31.0 Å². The van der Waals surface area contributed by atoms with Gasteiger partial charge in [-0.1, -0.05) is 34.6 Å². The second-order valence-corrected chi connectivity index (χ2v) is 7.32. The van der Waals surface area contributed by atoms with Crippen LogP contribution in [0.1, 0.15) is 11.8 Å². The number of anilines is 1. The van der Waals surface area contributed by atoms with Gasteiger partial charge in [-0.05, 0) is 36.8 Å². The molecule has 2 heterocycles. The van der Waals surface area contributed by atoms with E-state index in [4.69, 9.17) is 5.73 Å². The second-order valence-electron chi connectivity index (χ2n) is 4.23. The van der Waals surface area contributed by atoms with Gasteiger partial charge in [0.1, 0.15) is 9.86 Å². The molecule has 3 nitrogen and oxygen atoms in total. The first-order chi connectivity index (χ1) is 9.65. The van der Waals surface area contributed by atoms with Crippen LogP contribution in [0.25, 0.3) is 10.2 Å². The van der Waals surface area contributed by atoms with E-state index in [1.807, 2.05) is 12.1 Å². The molecular weight excluding hydrogens is 354 g/mol. The summed E-state index contributed by atoms with van der Waals surface area (Å²) in [6.07, 6.45) is 1.00. The number of fused-ring (bicyclic) bond motifs is 1. The summed E-state index contributed by atoms with van der Waals surface area (Å²) in [6.45, 7) is 2.14. The molecule has 0 saturated heterocycles. The van der Waals surface area contributed by atoms with Crippen LogP contribution in [-0.4, -0.2) is 9.97 Å². The third-order valence-corrected chi connectivity index (χ3v) is 5.52. The van der Waals surface area contributed by atoms with Crippen molar-refractivity contribution < 1.29 is 0 Å². The average molecular weight is 366 g/mol. The number of aryl methyl sites for hydroxylation is 1. The van der Waals surface area contributed by atoms with E-state index in [-0.39, 0.29) is 0 Å². The topological polar surface area (TPSA) is 51.8 Å². The minimum absolute atomic E-state index is 0.335. The highest BCUT2D eigenvalue weighted by molar-refractivity contribution is 9.10. The predicted octanol–water partition coefficient (Wildman–Crippen LogP) is 4.75. The highest BCUT2D eigenvalue weighted by Gasteiger charge is 2.11. The number of thiophene rings is 1. The highest BCUT2D eigenvalue weighted by atomic mass is 79.9. The third kappa shape index (κ3) is 2.82. The number of halogens is 1. The lowest BCUT2D eigenvalue weighted by Gasteiger charge is -2.03. The van der Waals surface area contributed by atoms with E-state index in [9.17, 15) is 0 Å². The number of benzene rings is 1. The van der Waals surface area contributed by atoms with Gasteiger partial charge in [0.25, 0.3) is 0 Å². The summed E-state index contributed by atoms with van der Waals surface area (Å²) in [4.78, 5) is 12.1. The van der Waals surface area contributed by atoms with E-state index in [0.29, 0.717) is 5.95 Å². The van der Waals surface area contributed by atoms with Crippen LogP contribution < -0.4 is 5.73 Å². The zero-order chi connectivity index (χ0) is 14.1. The molecular formula is C14H12BrN3S2. The molecule has 0 atom stereocenters. The van der Waals surface area contributed by atoms with Crippen LogP contribution in [0.4, 0.5) is 5.95 Å². The van der Waals surface area contributed by atoms with Crippen LogP contribution in [0.3, 0.4) is 0 Å². The molecule has 6 heteroatoms. The molecule has 0 spiro atoms. The van der Waals surface area contributed by atoms with Gasteiger partial charge in [0, 0.05) is 19.6 Å². The largest absolute Gasteiger partial charge is 0.368 e. The van der Waals surface area contributed by atoms with Gasteiger partial charge in [0.15, 0.2) is 0 Å². The molecule has 3 aromatic rings. The highest BCUT2D eigenvalue weighted by Crippen LogP contribution is 2.36. The molecule has 3 rings (SSSR count). The predicted molar refractivity (Wildman–Crippen MR) is 89.5 cm³/mol. The number of hydrogen-bond donors (Lipinski definition) is 1. The van der Waals surface area contributed by atoms with Gasteiger partial charge in [0.05, 0.1) is 0 Å². The number of hydrogen-bond acceptors (Lipinski definition) is 5. The van der Waals surface area contributed by atoms with E-state index in [2.05, 4.69) is 51.0 Å². The summed E-state index contributed by atoms with van der Waals surface area (Å²) in [7, 11) is 0. The Balaban J connectivity index is 2.05. The Hall–Kier alpha value is -1.11. The first-order valence-corrected chi connectivity index (χ1v) is 8.57. The summed E-state index contributed by atoms with van der Waals surface area (Å²) < 4.78 is 1.07. The third-order valence-electron chi connectivity index (χ3n) is 2.80. The Morgan fingerprint density at radius 3 is 2.70 bits per heavy atom. The first-order valence-electron chi connectivity index (χ1n) is 6.15. The molecule has 1 aromatic carbocycles. The first kappa shape index (κ1) is 13.9. The zero-order valence-corrected chi connectivity index (χ0v) is 14.0. The average Bonchev–Trinajstić information content (AvgIpc) is 2.84. The van der Waals surface area contributed by atoms with Gasteiger partial charge in [-0.2, -0.15) is 0 Å². The molecule has 0 radical (unpaired) electrons. The summed E-state index contributed by atoms with van der Waals surface area (Å²) in [5.74, 6) is 0.335. The maximum Gasteiger partial charge on any atom is 0.222 e. The number of nitrogens with two attached hydrogens (primary N) is 1. The minimum Gasteiger partial charge on any atom is -0.368 e. The molecule has 20 heavy (non-hydrogen) atoms. The van der Waals surface area contributed by atoms with E-state index >= 15 is 0 Å². The quantitative estimate of drug-likeness (QED) is 0.680. The molecule has 0 amide bonds. The summed E-state index contributed by atoms with van der Waals surface area (Å²) >= 11 is 6.75. The molecule has 0 bridgehead atoms. The lowest BCUT2D eigenvalue weighted by atomic mass is 10.3. The van der Waals surface area contributed by atoms with Gasteiger partial charge in [0.2, 0.25) is 5.95 Å². The fraction of sp³-hybridized carbons (Fsp3) is 0.143. The van der Waals surface area contributed by atoms with Crippen molar-refractivity contribution >= 4 is 55.2 Å². The molecule has 0 unspecified atom stereocenters. The molecule has 2 N–H and O–H groups in total. The molecule has 2 aromatic heterocycles.